The zero-order chi connectivity index (χ0) is 15.5. The van der Waals surface area contributed by atoms with Crippen LogP contribution in [0.4, 0.5) is 0 Å². The van der Waals surface area contributed by atoms with E-state index in [1.54, 1.807) is 4.31 Å². The molecule has 4 nitrogen and oxygen atoms in total. The maximum Gasteiger partial charge on any atom is 0.215 e. The second-order valence-corrected chi connectivity index (χ2v) is 10.00. The average molecular weight is 313 g/mol. The molecule has 3 aliphatic rings. The lowest BCUT2D eigenvalue weighted by atomic mass is 9.70. The zero-order valence-corrected chi connectivity index (χ0v) is 14.2. The van der Waals surface area contributed by atoms with Crippen LogP contribution in [0.1, 0.15) is 52.9 Å². The topological polar surface area (TPSA) is 54.5 Å². The lowest BCUT2D eigenvalue weighted by Crippen LogP contribution is -2.48. The van der Waals surface area contributed by atoms with Gasteiger partial charge in [-0.1, -0.05) is 20.8 Å². The van der Waals surface area contributed by atoms with E-state index >= 15 is 0 Å². The van der Waals surface area contributed by atoms with Gasteiger partial charge in [0.25, 0.3) is 0 Å². The Balaban J connectivity index is 1.86. The molecule has 21 heavy (non-hydrogen) atoms. The normalized spacial score (nSPS) is 39.9. The maximum absolute atomic E-state index is 12.9. The lowest BCUT2D eigenvalue weighted by molar-refractivity contribution is -0.128. The number of sulfonamides is 1. The van der Waals surface area contributed by atoms with Crippen LogP contribution in [0, 0.1) is 22.7 Å². The van der Waals surface area contributed by atoms with Crippen molar-refractivity contribution in [2.75, 3.05) is 18.8 Å². The molecular formula is C16H27NO3S. The molecule has 3 fully saturated rings. The predicted molar refractivity (Wildman–Crippen MR) is 82.3 cm³/mol. The molecule has 0 aromatic rings. The minimum atomic E-state index is -3.33. The first kappa shape index (κ1) is 15.5. The summed E-state index contributed by atoms with van der Waals surface area (Å²) in [5.41, 5.74) is -0.796. The second-order valence-electron chi connectivity index (χ2n) is 8.03. The highest BCUT2D eigenvalue weighted by molar-refractivity contribution is 7.89. The van der Waals surface area contributed by atoms with E-state index in [4.69, 9.17) is 0 Å². The number of carbonyl (C=O) groups is 1. The summed E-state index contributed by atoms with van der Waals surface area (Å²) in [6.45, 7) is 7.56. The molecule has 1 aliphatic heterocycles. The number of fused-ring (bicyclic) bond motifs is 2. The van der Waals surface area contributed by atoms with E-state index in [0.717, 1.165) is 25.7 Å². The maximum atomic E-state index is 12.9. The van der Waals surface area contributed by atoms with Crippen LogP contribution in [0.15, 0.2) is 0 Å². The second kappa shape index (κ2) is 4.79. The third-order valence-electron chi connectivity index (χ3n) is 6.58. The number of nitrogens with zero attached hydrogens (tertiary/aromatic N) is 1. The van der Waals surface area contributed by atoms with Gasteiger partial charge in [0.15, 0.2) is 0 Å². The van der Waals surface area contributed by atoms with Gasteiger partial charge in [-0.15, -0.1) is 0 Å². The Morgan fingerprint density at radius 1 is 1.29 bits per heavy atom. The molecule has 3 atom stereocenters. The van der Waals surface area contributed by atoms with Crippen molar-refractivity contribution in [2.45, 2.75) is 52.9 Å². The SMILES string of the molecule is C[C@@H]1CCCN(S(=O)(=O)C[C@@]23CC[C@@H](CC2=O)C3(C)C)C1. The van der Waals surface area contributed by atoms with Crippen LogP contribution in [-0.4, -0.2) is 37.3 Å². The van der Waals surface area contributed by atoms with Crippen molar-refractivity contribution in [3.63, 3.8) is 0 Å². The smallest absolute Gasteiger partial charge is 0.215 e. The zero-order valence-electron chi connectivity index (χ0n) is 13.4. The quantitative estimate of drug-likeness (QED) is 0.804. The molecule has 1 heterocycles. The number of ketones is 1. The van der Waals surface area contributed by atoms with Gasteiger partial charge in [-0.05, 0) is 42.9 Å². The Kier molecular flexibility index (Phi) is 3.53. The Bertz CT molecular complexity index is 554. The summed E-state index contributed by atoms with van der Waals surface area (Å²) in [7, 11) is -3.33. The third kappa shape index (κ3) is 2.19. The largest absolute Gasteiger partial charge is 0.299 e. The molecule has 2 saturated carbocycles. The summed E-state index contributed by atoms with van der Waals surface area (Å²) in [4.78, 5) is 12.5. The van der Waals surface area contributed by atoms with Crippen molar-refractivity contribution in [1.29, 1.82) is 0 Å². The van der Waals surface area contributed by atoms with Gasteiger partial charge in [-0.3, -0.25) is 4.79 Å². The van der Waals surface area contributed by atoms with E-state index in [9.17, 15) is 13.2 Å². The molecule has 5 heteroatoms. The monoisotopic (exact) mass is 313 g/mol. The molecule has 3 rings (SSSR count). The summed E-state index contributed by atoms with van der Waals surface area (Å²) >= 11 is 0. The highest BCUT2D eigenvalue weighted by Gasteiger charge is 2.65. The van der Waals surface area contributed by atoms with Crippen molar-refractivity contribution in [3.8, 4) is 0 Å². The minimum Gasteiger partial charge on any atom is -0.299 e. The van der Waals surface area contributed by atoms with Gasteiger partial charge in [-0.25, -0.2) is 12.7 Å². The fraction of sp³-hybridized carbons (Fsp3) is 0.938. The van der Waals surface area contributed by atoms with E-state index in [-0.39, 0.29) is 17.0 Å². The molecule has 1 saturated heterocycles. The lowest BCUT2D eigenvalue weighted by Gasteiger charge is -2.39. The van der Waals surface area contributed by atoms with Crippen molar-refractivity contribution >= 4 is 15.8 Å². The van der Waals surface area contributed by atoms with Crippen LogP contribution < -0.4 is 0 Å². The van der Waals surface area contributed by atoms with E-state index in [1.807, 2.05) is 0 Å². The Morgan fingerprint density at radius 2 is 2.00 bits per heavy atom. The molecule has 0 N–H and O–H groups in total. The number of hydrogen-bond acceptors (Lipinski definition) is 3. The van der Waals surface area contributed by atoms with Crippen molar-refractivity contribution in [2.24, 2.45) is 22.7 Å². The van der Waals surface area contributed by atoms with Gasteiger partial charge in [0.05, 0.1) is 5.75 Å². The Hall–Kier alpha value is -0.420. The fourth-order valence-electron chi connectivity index (χ4n) is 4.91. The summed E-state index contributed by atoms with van der Waals surface area (Å²) in [6, 6.07) is 0. The number of rotatable bonds is 3. The fourth-order valence-corrected chi connectivity index (χ4v) is 7.28. The molecule has 2 bridgehead atoms. The van der Waals surface area contributed by atoms with E-state index < -0.39 is 15.4 Å². The number of hydrogen-bond donors (Lipinski definition) is 0. The molecule has 0 amide bonds. The predicted octanol–water partition coefficient (Wildman–Crippen LogP) is 2.44. The molecule has 0 radical (unpaired) electrons. The van der Waals surface area contributed by atoms with Gasteiger partial charge in [0.1, 0.15) is 5.78 Å². The molecule has 2 aliphatic carbocycles. The van der Waals surface area contributed by atoms with Gasteiger partial charge in [0.2, 0.25) is 10.0 Å². The first-order chi connectivity index (χ1) is 9.69. The number of carbonyl (C=O) groups excluding carboxylic acids is 1. The summed E-state index contributed by atoms with van der Waals surface area (Å²) in [5, 5.41) is 0. The van der Waals surface area contributed by atoms with Crippen molar-refractivity contribution in [1.82, 2.24) is 4.31 Å². The first-order valence-corrected chi connectivity index (χ1v) is 9.81. The van der Waals surface area contributed by atoms with Gasteiger partial charge >= 0.3 is 0 Å². The summed E-state index contributed by atoms with van der Waals surface area (Å²) in [5.74, 6) is 1.03. The molecule has 0 aromatic heterocycles. The van der Waals surface area contributed by atoms with Gasteiger partial charge < -0.3 is 0 Å². The van der Waals surface area contributed by atoms with Gasteiger partial charge in [0, 0.05) is 24.9 Å². The van der Waals surface area contributed by atoms with E-state index in [0.29, 0.717) is 31.3 Å². The third-order valence-corrected chi connectivity index (χ3v) is 8.56. The van der Waals surface area contributed by atoms with Crippen LogP contribution in [0.3, 0.4) is 0 Å². The van der Waals surface area contributed by atoms with Crippen LogP contribution in [0.5, 0.6) is 0 Å². The van der Waals surface area contributed by atoms with Crippen molar-refractivity contribution in [3.05, 3.63) is 0 Å². The molecule has 0 spiro atoms. The Labute approximate surface area is 128 Å². The Morgan fingerprint density at radius 3 is 2.52 bits per heavy atom. The number of Topliss-reactive ketones (excluding diaryl/α,β-unsaturated/α-hetero) is 1. The molecular weight excluding hydrogens is 286 g/mol. The van der Waals surface area contributed by atoms with Crippen LogP contribution in [-0.2, 0) is 14.8 Å². The average Bonchev–Trinajstić information content (AvgIpc) is 2.72. The molecule has 0 aromatic carbocycles. The highest BCUT2D eigenvalue weighted by atomic mass is 32.2. The highest BCUT2D eigenvalue weighted by Crippen LogP contribution is 2.64. The minimum absolute atomic E-state index is 0.0368. The first-order valence-electron chi connectivity index (χ1n) is 8.20. The molecule has 0 unspecified atom stereocenters. The standard InChI is InChI=1S/C16H27NO3S/c1-12-5-4-8-17(10-12)21(19,20)11-16-7-6-13(9-14(16)18)15(16,2)3/h12-13H,4-11H2,1-3H3/t12-,13+,16+/m1/s1. The summed E-state index contributed by atoms with van der Waals surface area (Å²) < 4.78 is 27.4. The van der Waals surface area contributed by atoms with E-state index in [2.05, 4.69) is 20.8 Å². The van der Waals surface area contributed by atoms with Crippen LogP contribution in [0.2, 0.25) is 0 Å². The van der Waals surface area contributed by atoms with Gasteiger partial charge in [-0.2, -0.15) is 0 Å². The van der Waals surface area contributed by atoms with Crippen LogP contribution >= 0.6 is 0 Å². The van der Waals surface area contributed by atoms with Crippen molar-refractivity contribution < 1.29 is 13.2 Å². The summed E-state index contributed by atoms with van der Waals surface area (Å²) in [6.07, 6.45) is 4.38. The van der Waals surface area contributed by atoms with Crippen LogP contribution in [0.25, 0.3) is 0 Å². The molecule has 120 valence electrons. The number of piperidine rings is 1. The van der Waals surface area contributed by atoms with E-state index in [1.165, 1.54) is 0 Å².